The summed E-state index contributed by atoms with van der Waals surface area (Å²) >= 11 is 0. The third-order valence-corrected chi connectivity index (χ3v) is 30.2. The monoisotopic (exact) mass is 1770 g/mol. The highest BCUT2D eigenvalue weighted by molar-refractivity contribution is 6.29. The van der Waals surface area contributed by atoms with Gasteiger partial charge in [-0.05, 0) is 208 Å². The molecule has 0 unspecified atom stereocenters. The minimum atomic E-state index is 1.30. The molecule has 0 aliphatic carbocycles. The highest BCUT2D eigenvalue weighted by Crippen LogP contribution is 2.45. The molecule has 0 spiro atoms. The van der Waals surface area contributed by atoms with Crippen LogP contribution in [0.25, 0.3) is 260 Å². The van der Waals surface area contributed by atoms with E-state index in [1.807, 2.05) is 0 Å². The first-order chi connectivity index (χ1) is 67.4. The predicted octanol–water partition coefficient (Wildman–Crippen LogP) is 35.7. The van der Waals surface area contributed by atoms with E-state index in [9.17, 15) is 0 Å². The second kappa shape index (κ2) is 32.5. The number of aromatic nitrogens is 6. The Labute approximate surface area is 799 Å². The van der Waals surface area contributed by atoms with Gasteiger partial charge < -0.3 is 27.4 Å². The second-order valence-corrected chi connectivity index (χ2v) is 38.5. The zero-order valence-electron chi connectivity index (χ0n) is 79.8. The van der Waals surface area contributed by atoms with Crippen LogP contribution in [0.1, 0.15) is 33.4 Å². The Hall–Kier alpha value is -16.8. The standard InChI is InChI=1S/6C22H17N/c6*1-14-7-9-18-20-12-11-17-16-6-4-3-5-15(16)8-10-19(17)22(20)23(2)21(18)13-14/h6*3-13H,1-2H3. The smallest absolute Gasteiger partial charge is 0.0568 e. The lowest BCUT2D eigenvalue weighted by Crippen LogP contribution is -1.88. The van der Waals surface area contributed by atoms with Gasteiger partial charge in [0, 0.05) is 172 Å². The van der Waals surface area contributed by atoms with Crippen molar-refractivity contribution in [1.82, 2.24) is 27.4 Å². The van der Waals surface area contributed by atoms with Gasteiger partial charge >= 0.3 is 0 Å². The molecule has 0 fully saturated rings. The van der Waals surface area contributed by atoms with Gasteiger partial charge in [-0.15, -0.1) is 0 Å². The molecule has 660 valence electrons. The van der Waals surface area contributed by atoms with Crippen molar-refractivity contribution in [2.45, 2.75) is 41.5 Å². The number of aryl methyl sites for hydroxylation is 12. The maximum absolute atomic E-state index is 2.34. The summed E-state index contributed by atoms with van der Waals surface area (Å²) in [5.41, 5.74) is 23.6. The number of hydrogen-bond acceptors (Lipinski definition) is 0. The van der Waals surface area contributed by atoms with E-state index in [0.717, 1.165) is 0 Å². The third kappa shape index (κ3) is 13.2. The molecule has 0 radical (unpaired) electrons. The van der Waals surface area contributed by atoms with Crippen LogP contribution in [-0.4, -0.2) is 27.4 Å². The first-order valence-electron chi connectivity index (χ1n) is 48.2. The van der Waals surface area contributed by atoms with Gasteiger partial charge in [0.15, 0.2) is 0 Å². The van der Waals surface area contributed by atoms with Crippen molar-refractivity contribution in [3.63, 3.8) is 0 Å². The van der Waals surface area contributed by atoms with Crippen molar-refractivity contribution in [3.05, 3.63) is 434 Å². The van der Waals surface area contributed by atoms with Gasteiger partial charge in [0.2, 0.25) is 0 Å². The van der Waals surface area contributed by atoms with Gasteiger partial charge in [-0.2, -0.15) is 0 Å². The Morgan fingerprint density at radius 1 is 0.109 bits per heavy atom. The van der Waals surface area contributed by atoms with Crippen LogP contribution >= 0.6 is 0 Å². The molecule has 6 nitrogen and oxygen atoms in total. The number of benzene rings is 24. The number of rotatable bonds is 0. The normalized spacial score (nSPS) is 11.9. The van der Waals surface area contributed by atoms with Crippen molar-refractivity contribution in [2.75, 3.05) is 0 Å². The molecule has 6 heteroatoms. The van der Waals surface area contributed by atoms with E-state index >= 15 is 0 Å². The highest BCUT2D eigenvalue weighted by Gasteiger charge is 2.21. The molecule has 0 aliphatic rings. The number of fused-ring (bicyclic) bond motifs is 42. The lowest BCUT2D eigenvalue weighted by molar-refractivity contribution is 1.02. The van der Waals surface area contributed by atoms with Crippen molar-refractivity contribution >= 4 is 260 Å². The van der Waals surface area contributed by atoms with E-state index in [2.05, 4.69) is 512 Å². The Bertz CT molecular complexity index is 8880. The Morgan fingerprint density at radius 3 is 0.377 bits per heavy atom. The fourth-order valence-electron chi connectivity index (χ4n) is 23.5. The highest BCUT2D eigenvalue weighted by atomic mass is 15.0. The van der Waals surface area contributed by atoms with Crippen molar-refractivity contribution < 1.29 is 0 Å². The van der Waals surface area contributed by atoms with Gasteiger partial charge in [-0.1, -0.05) is 364 Å². The molecular weight excluding hydrogens is 1670 g/mol. The first-order valence-corrected chi connectivity index (χ1v) is 48.2. The van der Waals surface area contributed by atoms with E-state index in [1.165, 1.54) is 293 Å². The van der Waals surface area contributed by atoms with Crippen LogP contribution in [0.5, 0.6) is 0 Å². The van der Waals surface area contributed by atoms with Crippen LogP contribution < -0.4 is 0 Å². The molecule has 0 bridgehead atoms. The maximum atomic E-state index is 2.34. The molecule has 0 saturated heterocycles. The van der Waals surface area contributed by atoms with Crippen molar-refractivity contribution in [1.29, 1.82) is 0 Å². The summed E-state index contributed by atoms with van der Waals surface area (Å²) in [7, 11) is 13.1. The lowest BCUT2D eigenvalue weighted by Gasteiger charge is -2.07. The zero-order valence-corrected chi connectivity index (χ0v) is 79.8. The van der Waals surface area contributed by atoms with Crippen molar-refractivity contribution in [2.24, 2.45) is 42.3 Å². The summed E-state index contributed by atoms with van der Waals surface area (Å²) < 4.78 is 14.1. The molecule has 30 aromatic rings. The molecule has 6 heterocycles. The summed E-state index contributed by atoms with van der Waals surface area (Å²) in [6, 6.07) is 147. The average Bonchev–Trinajstić information content (AvgIpc) is 1.59. The van der Waals surface area contributed by atoms with Gasteiger partial charge in [-0.3, -0.25) is 0 Å². The largest absolute Gasteiger partial charge is 0.343 e. The van der Waals surface area contributed by atoms with Crippen molar-refractivity contribution in [3.8, 4) is 0 Å². The molecule has 138 heavy (non-hydrogen) atoms. The Balaban J connectivity index is 0.0000000878. The van der Waals surface area contributed by atoms with Crippen LogP contribution in [0.2, 0.25) is 0 Å². The molecule has 0 N–H and O–H groups in total. The molecule has 6 aromatic heterocycles. The molecule has 0 atom stereocenters. The molecule has 0 amide bonds. The molecule has 0 aliphatic heterocycles. The van der Waals surface area contributed by atoms with E-state index in [1.54, 1.807) is 0 Å². The van der Waals surface area contributed by atoms with Gasteiger partial charge in [0.25, 0.3) is 0 Å². The molecular formula is C132H102N6. The number of nitrogens with zero attached hydrogens (tertiary/aromatic N) is 6. The minimum Gasteiger partial charge on any atom is -0.343 e. The van der Waals surface area contributed by atoms with Crippen LogP contribution in [0.4, 0.5) is 0 Å². The van der Waals surface area contributed by atoms with Gasteiger partial charge in [0.1, 0.15) is 0 Å². The zero-order chi connectivity index (χ0) is 93.3. The number of hydrogen-bond donors (Lipinski definition) is 0. The molecule has 24 aromatic carbocycles. The molecule has 0 saturated carbocycles. The van der Waals surface area contributed by atoms with Crippen LogP contribution in [0.15, 0.2) is 400 Å². The van der Waals surface area contributed by atoms with Crippen LogP contribution in [0, 0.1) is 41.5 Å². The average molecular weight is 1770 g/mol. The summed E-state index contributed by atoms with van der Waals surface area (Å²) in [6.45, 7) is 12.9. The van der Waals surface area contributed by atoms with E-state index < -0.39 is 0 Å². The van der Waals surface area contributed by atoms with E-state index in [-0.39, 0.29) is 0 Å². The quantitative estimate of drug-likeness (QED) is 0.135. The lowest BCUT2D eigenvalue weighted by atomic mass is 9.99. The fraction of sp³-hybridized carbons (Fsp3) is 0.0909. The molecule has 30 rings (SSSR count). The second-order valence-electron chi connectivity index (χ2n) is 38.5. The van der Waals surface area contributed by atoms with E-state index in [4.69, 9.17) is 0 Å². The summed E-state index contributed by atoms with van der Waals surface area (Å²) in [4.78, 5) is 0. The topological polar surface area (TPSA) is 29.6 Å². The van der Waals surface area contributed by atoms with Crippen LogP contribution in [0.3, 0.4) is 0 Å². The predicted molar refractivity (Wildman–Crippen MR) is 601 cm³/mol. The Kier molecular flexibility index (Phi) is 19.6. The van der Waals surface area contributed by atoms with Crippen LogP contribution in [-0.2, 0) is 42.3 Å². The fourth-order valence-corrected chi connectivity index (χ4v) is 23.5. The van der Waals surface area contributed by atoms with Gasteiger partial charge in [0.05, 0.1) is 33.1 Å². The first kappa shape index (κ1) is 83.1. The maximum Gasteiger partial charge on any atom is 0.0568 e. The summed E-state index contributed by atoms with van der Waals surface area (Å²) in [5.74, 6) is 0. The summed E-state index contributed by atoms with van der Waals surface area (Å²) in [6.07, 6.45) is 0. The summed E-state index contributed by atoms with van der Waals surface area (Å²) in [5, 5.41) is 47.8. The van der Waals surface area contributed by atoms with Gasteiger partial charge in [-0.25, -0.2) is 0 Å². The van der Waals surface area contributed by atoms with E-state index in [0.29, 0.717) is 0 Å². The third-order valence-electron chi connectivity index (χ3n) is 30.2. The Morgan fingerprint density at radius 2 is 0.225 bits per heavy atom. The SMILES string of the molecule is Cc1ccc2c3ccc4c5ccccc5ccc4c3n(C)c2c1.Cc1ccc2c3ccc4c5ccccc5ccc4c3n(C)c2c1.Cc1ccc2c3ccc4c5ccccc5ccc4c3n(C)c2c1.Cc1ccc2c3ccc4c5ccccc5ccc4c3n(C)c2c1.Cc1ccc2c3ccc4c5ccccc5ccc4c3n(C)c2c1.Cc1ccc2c3ccc4c5ccccc5ccc4c3n(C)c2c1. The minimum absolute atomic E-state index is 1.30.